The number of ether oxygens (including phenoxy) is 2. The van der Waals surface area contributed by atoms with Crippen molar-refractivity contribution >= 4 is 67.2 Å². The Labute approximate surface area is 232 Å². The summed E-state index contributed by atoms with van der Waals surface area (Å²) in [6.07, 6.45) is 1.57. The molecule has 0 bridgehead atoms. The molecule has 0 unspecified atom stereocenters. The molecule has 36 heavy (non-hydrogen) atoms. The summed E-state index contributed by atoms with van der Waals surface area (Å²) in [4.78, 5) is 12.2. The van der Waals surface area contributed by atoms with Gasteiger partial charge in [0.2, 0.25) is 0 Å². The first kappa shape index (κ1) is 26.0. The second-order valence-electron chi connectivity index (χ2n) is 7.98. The molecule has 0 spiro atoms. The van der Waals surface area contributed by atoms with Gasteiger partial charge in [-0.1, -0.05) is 58.4 Å². The largest absolute Gasteiger partial charge is 0.490 e. The van der Waals surface area contributed by atoms with Crippen molar-refractivity contribution in [1.82, 2.24) is 5.43 Å². The van der Waals surface area contributed by atoms with Gasteiger partial charge in [0.25, 0.3) is 0 Å². The molecular weight excluding hydrogens is 633 g/mol. The fraction of sp³-hybridized carbons (Fsp3) is 0.143. The predicted molar refractivity (Wildman–Crippen MR) is 157 cm³/mol. The number of urea groups is 1. The molecule has 184 valence electrons. The summed E-state index contributed by atoms with van der Waals surface area (Å²) < 4.78 is 14.0. The Balaban J connectivity index is 1.45. The SMILES string of the molecule is CCOc1cc(/C=N/NC(=O)Nc2ccc(Br)c(C)c2)cc(I)c1OCc1cccc2ccccc12. The van der Waals surface area contributed by atoms with Gasteiger partial charge in [-0.05, 0) is 94.2 Å². The lowest BCUT2D eigenvalue weighted by molar-refractivity contribution is 0.252. The molecular formula is C28H25BrIN3O3. The van der Waals surface area contributed by atoms with Gasteiger partial charge in [0, 0.05) is 10.2 Å². The summed E-state index contributed by atoms with van der Waals surface area (Å²) in [5.41, 5.74) is 6.09. The number of halogens is 2. The molecule has 2 N–H and O–H groups in total. The van der Waals surface area contributed by atoms with Crippen LogP contribution < -0.4 is 20.2 Å². The van der Waals surface area contributed by atoms with E-state index in [0.717, 1.165) is 24.7 Å². The zero-order chi connectivity index (χ0) is 25.5. The van der Waals surface area contributed by atoms with Gasteiger partial charge in [0.15, 0.2) is 11.5 Å². The molecule has 0 aromatic heterocycles. The maximum atomic E-state index is 12.2. The summed E-state index contributed by atoms with van der Waals surface area (Å²) >= 11 is 5.68. The van der Waals surface area contributed by atoms with Crippen LogP contribution in [0.3, 0.4) is 0 Å². The highest BCUT2D eigenvalue weighted by Crippen LogP contribution is 2.35. The number of carbonyl (C=O) groups excluding carboxylic acids is 1. The van der Waals surface area contributed by atoms with Crippen LogP contribution in [0.4, 0.5) is 10.5 Å². The maximum absolute atomic E-state index is 12.2. The Morgan fingerprint density at radius 3 is 2.67 bits per heavy atom. The lowest BCUT2D eigenvalue weighted by Gasteiger charge is -2.15. The molecule has 0 aliphatic carbocycles. The number of hydrogen-bond acceptors (Lipinski definition) is 4. The first-order chi connectivity index (χ1) is 17.4. The smallest absolute Gasteiger partial charge is 0.339 e. The van der Waals surface area contributed by atoms with Crippen LogP contribution in [-0.2, 0) is 6.61 Å². The van der Waals surface area contributed by atoms with Gasteiger partial charge in [-0.15, -0.1) is 0 Å². The van der Waals surface area contributed by atoms with Crippen LogP contribution in [0.5, 0.6) is 11.5 Å². The fourth-order valence-corrected chi connectivity index (χ4v) is 4.71. The van der Waals surface area contributed by atoms with E-state index in [1.54, 1.807) is 6.21 Å². The molecule has 0 aliphatic rings. The molecule has 0 radical (unpaired) electrons. The maximum Gasteiger partial charge on any atom is 0.339 e. The van der Waals surface area contributed by atoms with Crippen LogP contribution in [0.15, 0.2) is 82.4 Å². The van der Waals surface area contributed by atoms with Crippen LogP contribution >= 0.6 is 38.5 Å². The lowest BCUT2D eigenvalue weighted by Crippen LogP contribution is -2.24. The van der Waals surface area contributed by atoms with Gasteiger partial charge >= 0.3 is 6.03 Å². The van der Waals surface area contributed by atoms with Crippen molar-refractivity contribution in [2.24, 2.45) is 5.10 Å². The van der Waals surface area contributed by atoms with Crippen molar-refractivity contribution in [3.63, 3.8) is 0 Å². The fourth-order valence-electron chi connectivity index (χ4n) is 3.68. The Kier molecular flexibility index (Phi) is 8.82. The Hall–Kier alpha value is -3.11. The third kappa shape index (κ3) is 6.55. The van der Waals surface area contributed by atoms with Crippen molar-refractivity contribution in [1.29, 1.82) is 0 Å². The van der Waals surface area contributed by atoms with E-state index >= 15 is 0 Å². The number of aryl methyl sites for hydroxylation is 1. The number of carbonyl (C=O) groups is 1. The minimum absolute atomic E-state index is 0.419. The summed E-state index contributed by atoms with van der Waals surface area (Å²) in [6, 6.07) is 23.4. The van der Waals surface area contributed by atoms with E-state index in [4.69, 9.17) is 9.47 Å². The van der Waals surface area contributed by atoms with Crippen molar-refractivity contribution < 1.29 is 14.3 Å². The molecule has 2 amide bonds. The number of nitrogens with one attached hydrogen (secondary N) is 2. The number of amides is 2. The predicted octanol–water partition coefficient (Wildman–Crippen LogP) is 7.65. The highest BCUT2D eigenvalue weighted by molar-refractivity contribution is 14.1. The summed E-state index contributed by atoms with van der Waals surface area (Å²) in [5, 5.41) is 9.19. The normalized spacial score (nSPS) is 11.0. The molecule has 8 heteroatoms. The molecule has 6 nitrogen and oxygen atoms in total. The van der Waals surface area contributed by atoms with Gasteiger partial charge in [0.05, 0.1) is 16.4 Å². The average Bonchev–Trinajstić information content (AvgIpc) is 2.86. The number of benzene rings is 4. The molecule has 0 saturated carbocycles. The summed E-state index contributed by atoms with van der Waals surface area (Å²) in [7, 11) is 0. The van der Waals surface area contributed by atoms with Crippen molar-refractivity contribution in [3.8, 4) is 11.5 Å². The number of hydrazone groups is 1. The van der Waals surface area contributed by atoms with Crippen LogP contribution in [0.25, 0.3) is 10.8 Å². The average molecular weight is 658 g/mol. The molecule has 0 fully saturated rings. The molecule has 4 rings (SSSR count). The zero-order valence-electron chi connectivity index (χ0n) is 19.8. The highest BCUT2D eigenvalue weighted by atomic mass is 127. The Bertz CT molecular complexity index is 1420. The number of anilines is 1. The molecule has 0 heterocycles. The van der Waals surface area contributed by atoms with E-state index in [1.807, 2.05) is 62.4 Å². The van der Waals surface area contributed by atoms with Crippen LogP contribution in [0, 0.1) is 10.5 Å². The standard InChI is InChI=1S/C28H25BrIN3O3/c1-3-35-26-15-19(16-31-33-28(34)32-22-11-12-24(29)18(2)13-22)14-25(30)27(26)36-17-21-9-6-8-20-7-4-5-10-23(20)21/h4-16H,3,17H2,1-2H3,(H2,32,33,34)/b31-16+. The van der Waals surface area contributed by atoms with Crippen LogP contribution in [-0.4, -0.2) is 18.9 Å². The van der Waals surface area contributed by atoms with E-state index in [9.17, 15) is 4.79 Å². The van der Waals surface area contributed by atoms with E-state index < -0.39 is 6.03 Å². The summed E-state index contributed by atoms with van der Waals surface area (Å²) in [6.45, 7) is 4.80. The second-order valence-corrected chi connectivity index (χ2v) is 9.99. The highest BCUT2D eigenvalue weighted by Gasteiger charge is 2.13. The molecule has 4 aromatic rings. The molecule has 0 saturated heterocycles. The second kappa shape index (κ2) is 12.2. The third-order valence-corrected chi connectivity index (χ3v) is 7.07. The lowest BCUT2D eigenvalue weighted by atomic mass is 10.1. The van der Waals surface area contributed by atoms with Crippen molar-refractivity contribution in [2.45, 2.75) is 20.5 Å². The monoisotopic (exact) mass is 657 g/mol. The van der Waals surface area contributed by atoms with E-state index in [1.165, 1.54) is 10.8 Å². The first-order valence-corrected chi connectivity index (χ1v) is 13.2. The van der Waals surface area contributed by atoms with Gasteiger partial charge in [-0.3, -0.25) is 0 Å². The number of nitrogens with zero attached hydrogens (tertiary/aromatic N) is 1. The molecule has 0 atom stereocenters. The van der Waals surface area contributed by atoms with E-state index in [-0.39, 0.29) is 0 Å². The third-order valence-electron chi connectivity index (χ3n) is 5.38. The molecule has 0 aliphatic heterocycles. The Morgan fingerprint density at radius 1 is 1.06 bits per heavy atom. The van der Waals surface area contributed by atoms with Gasteiger partial charge < -0.3 is 14.8 Å². The number of rotatable bonds is 8. The first-order valence-electron chi connectivity index (χ1n) is 11.4. The quantitative estimate of drug-likeness (QED) is 0.116. The van der Waals surface area contributed by atoms with Crippen molar-refractivity contribution in [3.05, 3.63) is 97.5 Å². The van der Waals surface area contributed by atoms with Gasteiger partial charge in [-0.2, -0.15) is 5.10 Å². The van der Waals surface area contributed by atoms with E-state index in [2.05, 4.69) is 78.6 Å². The van der Waals surface area contributed by atoms with Crippen molar-refractivity contribution in [2.75, 3.05) is 11.9 Å². The van der Waals surface area contributed by atoms with Crippen LogP contribution in [0.2, 0.25) is 0 Å². The number of fused-ring (bicyclic) bond motifs is 1. The van der Waals surface area contributed by atoms with Crippen LogP contribution in [0.1, 0.15) is 23.6 Å². The minimum atomic E-state index is -0.428. The zero-order valence-corrected chi connectivity index (χ0v) is 23.6. The number of hydrogen-bond donors (Lipinski definition) is 2. The van der Waals surface area contributed by atoms with Gasteiger partial charge in [-0.25, -0.2) is 10.2 Å². The molecule has 4 aromatic carbocycles. The minimum Gasteiger partial charge on any atom is -0.490 e. The van der Waals surface area contributed by atoms with E-state index in [0.29, 0.717) is 30.4 Å². The Morgan fingerprint density at radius 2 is 1.86 bits per heavy atom. The van der Waals surface area contributed by atoms with Gasteiger partial charge in [0.1, 0.15) is 6.61 Å². The topological polar surface area (TPSA) is 72.0 Å². The summed E-state index contributed by atoms with van der Waals surface area (Å²) in [5.74, 6) is 1.31.